The van der Waals surface area contributed by atoms with Gasteiger partial charge in [0.05, 0.1) is 7.11 Å². The molecule has 164 valence electrons. The molecule has 2 atom stereocenters. The number of methoxy groups -OCH3 is 1. The lowest BCUT2D eigenvalue weighted by Gasteiger charge is -2.34. The minimum Gasteiger partial charge on any atom is -0.496 e. The van der Waals surface area contributed by atoms with Crippen molar-refractivity contribution < 1.29 is 4.74 Å². The van der Waals surface area contributed by atoms with E-state index < -0.39 is 0 Å². The first kappa shape index (κ1) is 23.8. The van der Waals surface area contributed by atoms with Crippen LogP contribution in [0, 0.1) is 0 Å². The van der Waals surface area contributed by atoms with Crippen molar-refractivity contribution in [1.29, 1.82) is 0 Å². The summed E-state index contributed by atoms with van der Waals surface area (Å²) >= 11 is 6.72. The lowest BCUT2D eigenvalue weighted by Crippen LogP contribution is -2.21. The largest absolute Gasteiger partial charge is 0.496 e. The highest BCUT2D eigenvalue weighted by molar-refractivity contribution is 7.69. The molecule has 0 amide bonds. The van der Waals surface area contributed by atoms with Crippen LogP contribution in [0.4, 0.5) is 0 Å². The average molecular weight is 453 g/mol. The molecule has 0 N–H and O–H groups in total. The molecule has 3 aromatic carbocycles. The zero-order valence-electron chi connectivity index (χ0n) is 19.0. The van der Waals surface area contributed by atoms with Crippen molar-refractivity contribution in [1.82, 2.24) is 0 Å². The Balaban J connectivity index is 2.14. The van der Waals surface area contributed by atoms with Crippen molar-refractivity contribution in [2.45, 2.75) is 57.5 Å². The Morgan fingerprint density at radius 1 is 0.839 bits per heavy atom. The number of hydrogen-bond donors (Lipinski definition) is 0. The Morgan fingerprint density at radius 2 is 1.45 bits per heavy atom. The van der Waals surface area contributed by atoms with E-state index in [0.29, 0.717) is 7.93 Å². The van der Waals surface area contributed by atoms with E-state index in [4.69, 9.17) is 16.0 Å². The molecular weight excluding hydrogens is 419 g/mol. The standard InChI is InChI=1S/C28H34ClOP/c1-4-6-17-28(5-2,31-29)26-21-24(18-22-13-9-7-10-14-22)20-25(27(26)30-3)19-23-15-11-8-12-16-23/h7-16,20-21,31H,4-6,17-19H2,1-3H3. The summed E-state index contributed by atoms with van der Waals surface area (Å²) in [7, 11) is 2.13. The molecule has 3 heteroatoms. The molecule has 0 aliphatic rings. The Bertz CT molecular complexity index is 936. The molecule has 1 nitrogen and oxygen atoms in total. The van der Waals surface area contributed by atoms with Crippen molar-refractivity contribution in [3.05, 3.63) is 101 Å². The summed E-state index contributed by atoms with van der Waals surface area (Å²) in [6, 6.07) is 26.1. The SMILES string of the molecule is CCCCC(CC)(PCl)c1cc(Cc2ccccc2)cc(Cc2ccccc2)c1OC. The highest BCUT2D eigenvalue weighted by Gasteiger charge is 2.33. The molecule has 0 spiro atoms. The molecular formula is C28H34ClOP. The minimum atomic E-state index is -0.0406. The topological polar surface area (TPSA) is 9.23 Å². The molecule has 0 aromatic heterocycles. The Labute approximate surface area is 194 Å². The zero-order chi connectivity index (χ0) is 22.1. The molecule has 0 bridgehead atoms. The second-order valence-corrected chi connectivity index (χ2v) is 10.0. The van der Waals surface area contributed by atoms with Crippen LogP contribution in [-0.2, 0) is 18.0 Å². The summed E-state index contributed by atoms with van der Waals surface area (Å²) in [6.07, 6.45) is 6.24. The van der Waals surface area contributed by atoms with Crippen LogP contribution in [0.1, 0.15) is 67.3 Å². The number of rotatable bonds is 11. The highest BCUT2D eigenvalue weighted by atomic mass is 35.7. The molecule has 31 heavy (non-hydrogen) atoms. The number of unbranched alkanes of at least 4 members (excludes halogenated alkanes) is 1. The maximum Gasteiger partial charge on any atom is 0.126 e. The molecule has 0 saturated heterocycles. The third-order valence-electron chi connectivity index (χ3n) is 6.18. The number of hydrogen-bond acceptors (Lipinski definition) is 1. The fraction of sp³-hybridized carbons (Fsp3) is 0.357. The van der Waals surface area contributed by atoms with Gasteiger partial charge < -0.3 is 4.74 Å². The van der Waals surface area contributed by atoms with Crippen LogP contribution >= 0.6 is 19.2 Å². The van der Waals surface area contributed by atoms with E-state index >= 15 is 0 Å². The van der Waals surface area contributed by atoms with Gasteiger partial charge in [-0.05, 0) is 49.4 Å². The van der Waals surface area contributed by atoms with Crippen LogP contribution in [0.15, 0.2) is 72.8 Å². The number of benzene rings is 3. The average Bonchev–Trinajstić information content (AvgIpc) is 2.81. The van der Waals surface area contributed by atoms with Gasteiger partial charge in [0.1, 0.15) is 5.75 Å². The summed E-state index contributed by atoms with van der Waals surface area (Å²) < 4.78 is 6.09. The fourth-order valence-electron chi connectivity index (χ4n) is 4.38. The quantitative estimate of drug-likeness (QED) is 0.265. The van der Waals surface area contributed by atoms with E-state index in [-0.39, 0.29) is 5.16 Å². The normalized spacial score (nSPS) is 13.4. The lowest BCUT2D eigenvalue weighted by molar-refractivity contribution is 0.391. The summed E-state index contributed by atoms with van der Waals surface area (Å²) in [5.74, 6) is 1.02. The van der Waals surface area contributed by atoms with Gasteiger partial charge in [-0.1, -0.05) is 111 Å². The maximum absolute atomic E-state index is 6.72. The monoisotopic (exact) mass is 452 g/mol. The zero-order valence-corrected chi connectivity index (χ0v) is 20.7. The second kappa shape index (κ2) is 11.7. The van der Waals surface area contributed by atoms with Gasteiger partial charge >= 0.3 is 0 Å². The fourth-order valence-corrected chi connectivity index (χ4v) is 6.06. The first-order chi connectivity index (χ1) is 15.2. The molecule has 0 radical (unpaired) electrons. The summed E-state index contributed by atoms with van der Waals surface area (Å²) in [4.78, 5) is 0. The van der Waals surface area contributed by atoms with Gasteiger partial charge in [0.15, 0.2) is 0 Å². The van der Waals surface area contributed by atoms with E-state index in [1.165, 1.54) is 40.7 Å². The third kappa shape index (κ3) is 5.91. The molecule has 0 saturated carbocycles. The molecule has 2 unspecified atom stereocenters. The van der Waals surface area contributed by atoms with Crippen LogP contribution in [0.25, 0.3) is 0 Å². The van der Waals surface area contributed by atoms with Gasteiger partial charge in [0.2, 0.25) is 0 Å². The highest BCUT2D eigenvalue weighted by Crippen LogP contribution is 2.54. The van der Waals surface area contributed by atoms with E-state index in [9.17, 15) is 0 Å². The third-order valence-corrected chi connectivity index (χ3v) is 8.50. The summed E-state index contributed by atoms with van der Waals surface area (Å²) in [5, 5.41) is -0.0406. The van der Waals surface area contributed by atoms with Crippen LogP contribution in [-0.4, -0.2) is 7.11 Å². The first-order valence-electron chi connectivity index (χ1n) is 11.3. The minimum absolute atomic E-state index is 0.0406. The maximum atomic E-state index is 6.72. The Kier molecular flexibility index (Phi) is 9.00. The van der Waals surface area contributed by atoms with Gasteiger partial charge in [-0.15, -0.1) is 0 Å². The summed E-state index contributed by atoms with van der Waals surface area (Å²) in [5.41, 5.74) is 6.50. The van der Waals surface area contributed by atoms with Crippen LogP contribution in [0.3, 0.4) is 0 Å². The van der Waals surface area contributed by atoms with Crippen LogP contribution in [0.5, 0.6) is 5.75 Å². The van der Waals surface area contributed by atoms with E-state index in [0.717, 1.165) is 31.4 Å². The number of ether oxygens (including phenoxy) is 1. The molecule has 0 heterocycles. The van der Waals surface area contributed by atoms with Crippen LogP contribution < -0.4 is 4.74 Å². The number of halogens is 1. The molecule has 0 fully saturated rings. The van der Waals surface area contributed by atoms with E-state index in [1.54, 1.807) is 0 Å². The Morgan fingerprint density at radius 3 is 1.97 bits per heavy atom. The lowest BCUT2D eigenvalue weighted by atomic mass is 9.85. The van der Waals surface area contributed by atoms with Crippen molar-refractivity contribution in [3.63, 3.8) is 0 Å². The molecule has 0 aliphatic carbocycles. The summed E-state index contributed by atoms with van der Waals surface area (Å²) in [6.45, 7) is 4.52. The van der Waals surface area contributed by atoms with Gasteiger partial charge in [-0.2, -0.15) is 0 Å². The molecule has 0 aliphatic heterocycles. The second-order valence-electron chi connectivity index (χ2n) is 8.29. The van der Waals surface area contributed by atoms with Gasteiger partial charge in [0.25, 0.3) is 0 Å². The smallest absolute Gasteiger partial charge is 0.126 e. The van der Waals surface area contributed by atoms with Gasteiger partial charge in [0, 0.05) is 17.1 Å². The van der Waals surface area contributed by atoms with Crippen molar-refractivity contribution in [2.75, 3.05) is 7.11 Å². The van der Waals surface area contributed by atoms with Crippen molar-refractivity contribution >= 4 is 19.2 Å². The predicted octanol–water partition coefficient (Wildman–Crippen LogP) is 8.50. The molecule has 3 rings (SSSR count). The van der Waals surface area contributed by atoms with Gasteiger partial charge in [-0.25, -0.2) is 0 Å². The van der Waals surface area contributed by atoms with Crippen molar-refractivity contribution in [2.24, 2.45) is 0 Å². The predicted molar refractivity (Wildman–Crippen MR) is 137 cm³/mol. The van der Waals surface area contributed by atoms with Gasteiger partial charge in [-0.3, -0.25) is 0 Å². The Hall–Kier alpha value is -1.82. The van der Waals surface area contributed by atoms with Crippen LogP contribution in [0.2, 0.25) is 0 Å². The molecule has 3 aromatic rings. The van der Waals surface area contributed by atoms with E-state index in [2.05, 4.69) is 86.6 Å². The van der Waals surface area contributed by atoms with Crippen molar-refractivity contribution in [3.8, 4) is 5.75 Å². The van der Waals surface area contributed by atoms with E-state index in [1.807, 2.05) is 7.11 Å². The first-order valence-corrected chi connectivity index (χ1v) is 13.3.